The van der Waals surface area contributed by atoms with Crippen LogP contribution in [0.3, 0.4) is 0 Å². The van der Waals surface area contributed by atoms with Crippen molar-refractivity contribution >= 4 is 10.1 Å². The first kappa shape index (κ1) is 21.4. The molecule has 1 unspecified atom stereocenters. The van der Waals surface area contributed by atoms with Crippen molar-refractivity contribution in [2.75, 3.05) is 13.7 Å². The Morgan fingerprint density at radius 2 is 1.73 bits per heavy atom. The lowest BCUT2D eigenvalue weighted by Gasteiger charge is -2.46. The number of hydrogen-bond donors (Lipinski definition) is 1. The Bertz CT molecular complexity index is 947. The van der Waals surface area contributed by atoms with E-state index >= 15 is 0 Å². The molecular weight excluding hydrogens is 412 g/mol. The minimum absolute atomic E-state index is 0.0102. The maximum absolute atomic E-state index is 12.9. The van der Waals surface area contributed by atoms with E-state index in [1.54, 1.807) is 12.1 Å². The van der Waals surface area contributed by atoms with Crippen molar-refractivity contribution in [2.45, 2.75) is 48.8 Å². The van der Waals surface area contributed by atoms with Gasteiger partial charge in [-0.25, -0.2) is 0 Å². The van der Waals surface area contributed by atoms with Gasteiger partial charge in [0.1, 0.15) is 24.4 Å². The lowest BCUT2D eigenvalue weighted by atomic mass is 9.98. The molecule has 2 fully saturated rings. The molecule has 8 nitrogen and oxygen atoms in total. The first-order chi connectivity index (χ1) is 14.4. The highest BCUT2D eigenvalue weighted by Crippen LogP contribution is 2.36. The maximum atomic E-state index is 12.9. The number of aliphatic hydroxyl groups excluding tert-OH is 1. The summed E-state index contributed by atoms with van der Waals surface area (Å²) in [7, 11) is -2.81. The average Bonchev–Trinajstić information content (AvgIpc) is 2.76. The molecule has 0 bridgehead atoms. The van der Waals surface area contributed by atoms with Gasteiger partial charge in [0.15, 0.2) is 12.6 Å². The lowest BCUT2D eigenvalue weighted by molar-refractivity contribution is -0.354. The number of aliphatic hydroxyl groups is 1. The van der Waals surface area contributed by atoms with Crippen LogP contribution in [0.25, 0.3) is 0 Å². The molecule has 0 saturated carbocycles. The van der Waals surface area contributed by atoms with Gasteiger partial charge in [-0.3, -0.25) is 4.18 Å². The molecule has 0 amide bonds. The zero-order chi connectivity index (χ0) is 21.3. The molecule has 30 heavy (non-hydrogen) atoms. The number of fused-ring (bicyclic) bond motifs is 1. The summed E-state index contributed by atoms with van der Waals surface area (Å²) in [5.41, 5.74) is 1.68. The van der Waals surface area contributed by atoms with Crippen molar-refractivity contribution in [3.05, 3.63) is 65.7 Å². The predicted molar refractivity (Wildman–Crippen MR) is 105 cm³/mol. The fraction of sp³-hybridized carbons (Fsp3) is 0.429. The van der Waals surface area contributed by atoms with Gasteiger partial charge in [0.2, 0.25) is 0 Å². The van der Waals surface area contributed by atoms with E-state index < -0.39 is 47.1 Å². The van der Waals surface area contributed by atoms with Gasteiger partial charge in [0.05, 0.1) is 11.5 Å². The van der Waals surface area contributed by atoms with E-state index in [0.717, 1.165) is 11.1 Å². The Hall–Kier alpha value is -1.85. The number of ether oxygens (including phenoxy) is 4. The molecule has 2 aromatic rings. The van der Waals surface area contributed by atoms with Gasteiger partial charge in [-0.15, -0.1) is 0 Å². The Balaban J connectivity index is 1.61. The molecule has 2 aromatic carbocycles. The topological polar surface area (TPSA) is 101 Å². The smallest absolute Gasteiger partial charge is 0.297 e. The molecule has 6 atom stereocenters. The highest BCUT2D eigenvalue weighted by atomic mass is 32.2. The molecule has 9 heteroatoms. The summed E-state index contributed by atoms with van der Waals surface area (Å²) in [6.07, 6.45) is -6.00. The average molecular weight is 436 g/mol. The van der Waals surface area contributed by atoms with Crippen LogP contribution in [0.1, 0.15) is 17.4 Å². The van der Waals surface area contributed by atoms with E-state index in [-0.39, 0.29) is 11.5 Å². The van der Waals surface area contributed by atoms with Crippen molar-refractivity contribution in [1.82, 2.24) is 0 Å². The standard InChI is InChI=1S/C21H24O8S/c1-13-8-10-15(11-9-13)30(23,24)29-19-17(22)21(25-2)27-16-12-26-20(28-18(16)19)14-6-4-3-5-7-14/h3-11,16-22H,12H2,1-2H3/t16-,17-,18-,19-,20?,21+/m1/s1. The van der Waals surface area contributed by atoms with Crippen molar-refractivity contribution in [1.29, 1.82) is 0 Å². The van der Waals surface area contributed by atoms with Crippen molar-refractivity contribution in [3.63, 3.8) is 0 Å². The summed E-state index contributed by atoms with van der Waals surface area (Å²) in [6, 6.07) is 15.5. The molecule has 2 aliphatic heterocycles. The Labute approximate surface area is 175 Å². The fourth-order valence-corrected chi connectivity index (χ4v) is 4.65. The van der Waals surface area contributed by atoms with E-state index in [4.69, 9.17) is 23.1 Å². The third kappa shape index (κ3) is 4.28. The van der Waals surface area contributed by atoms with E-state index in [0.29, 0.717) is 0 Å². The molecule has 2 heterocycles. The zero-order valence-corrected chi connectivity index (χ0v) is 17.4. The highest BCUT2D eigenvalue weighted by molar-refractivity contribution is 7.86. The summed E-state index contributed by atoms with van der Waals surface area (Å²) in [6.45, 7) is 1.98. The molecule has 0 aromatic heterocycles. The van der Waals surface area contributed by atoms with Gasteiger partial charge in [0.25, 0.3) is 10.1 Å². The first-order valence-corrected chi connectivity index (χ1v) is 11.0. The number of rotatable bonds is 5. The molecule has 4 rings (SSSR count). The molecular formula is C21H24O8S. The van der Waals surface area contributed by atoms with Gasteiger partial charge < -0.3 is 24.1 Å². The Morgan fingerprint density at radius 3 is 2.40 bits per heavy atom. The van der Waals surface area contributed by atoms with Crippen LogP contribution in [0.5, 0.6) is 0 Å². The number of hydrogen-bond acceptors (Lipinski definition) is 8. The first-order valence-electron chi connectivity index (χ1n) is 9.57. The van der Waals surface area contributed by atoms with Crippen LogP contribution < -0.4 is 0 Å². The second-order valence-corrected chi connectivity index (χ2v) is 8.85. The normalized spacial score (nSPS) is 31.8. The van der Waals surface area contributed by atoms with Crippen molar-refractivity contribution < 1.29 is 36.7 Å². The van der Waals surface area contributed by atoms with Gasteiger partial charge in [0, 0.05) is 12.7 Å². The molecule has 2 saturated heterocycles. The number of benzene rings is 2. The molecule has 0 spiro atoms. The van der Waals surface area contributed by atoms with E-state index in [2.05, 4.69) is 0 Å². The summed E-state index contributed by atoms with van der Waals surface area (Å²) in [5.74, 6) is 0. The van der Waals surface area contributed by atoms with Crippen LogP contribution in [0.2, 0.25) is 0 Å². The van der Waals surface area contributed by atoms with E-state index in [1.807, 2.05) is 37.3 Å². The van der Waals surface area contributed by atoms with E-state index in [1.165, 1.54) is 19.2 Å². The summed E-state index contributed by atoms with van der Waals surface area (Å²) < 4.78 is 53.9. The summed E-state index contributed by atoms with van der Waals surface area (Å²) in [5, 5.41) is 10.7. The molecule has 0 radical (unpaired) electrons. The molecule has 0 aliphatic carbocycles. The van der Waals surface area contributed by atoms with Crippen LogP contribution in [0.4, 0.5) is 0 Å². The van der Waals surface area contributed by atoms with Crippen molar-refractivity contribution in [3.8, 4) is 0 Å². The quantitative estimate of drug-likeness (QED) is 0.710. The lowest BCUT2D eigenvalue weighted by Crippen LogP contribution is -2.63. The van der Waals surface area contributed by atoms with Crippen LogP contribution in [0, 0.1) is 6.92 Å². The largest absolute Gasteiger partial charge is 0.385 e. The SMILES string of the molecule is CO[C@H]1O[C@@H]2COC(c3ccccc3)O[C@H]2[C@H](OS(=O)(=O)c2ccc(C)cc2)[C@H]1O. The number of aryl methyl sites for hydroxylation is 1. The molecule has 162 valence electrons. The third-order valence-electron chi connectivity index (χ3n) is 5.16. The van der Waals surface area contributed by atoms with Crippen molar-refractivity contribution in [2.24, 2.45) is 0 Å². The third-order valence-corrected chi connectivity index (χ3v) is 6.48. The van der Waals surface area contributed by atoms with Crippen LogP contribution >= 0.6 is 0 Å². The van der Waals surface area contributed by atoms with Gasteiger partial charge >= 0.3 is 0 Å². The second kappa shape index (κ2) is 8.72. The second-order valence-electron chi connectivity index (χ2n) is 7.27. The monoisotopic (exact) mass is 436 g/mol. The Morgan fingerprint density at radius 1 is 1.03 bits per heavy atom. The molecule has 1 N–H and O–H groups in total. The van der Waals surface area contributed by atoms with Crippen LogP contribution in [-0.2, 0) is 33.2 Å². The summed E-state index contributed by atoms with van der Waals surface area (Å²) in [4.78, 5) is -0.0102. The summed E-state index contributed by atoms with van der Waals surface area (Å²) >= 11 is 0. The fourth-order valence-electron chi connectivity index (χ4n) is 3.55. The number of methoxy groups -OCH3 is 1. The maximum Gasteiger partial charge on any atom is 0.297 e. The van der Waals surface area contributed by atoms with Gasteiger partial charge in [-0.2, -0.15) is 8.42 Å². The van der Waals surface area contributed by atoms with Gasteiger partial charge in [-0.05, 0) is 19.1 Å². The van der Waals surface area contributed by atoms with Crippen LogP contribution in [0.15, 0.2) is 59.5 Å². The van der Waals surface area contributed by atoms with E-state index in [9.17, 15) is 13.5 Å². The zero-order valence-electron chi connectivity index (χ0n) is 16.6. The van der Waals surface area contributed by atoms with Crippen LogP contribution in [-0.4, -0.2) is 57.9 Å². The van der Waals surface area contributed by atoms with Gasteiger partial charge in [-0.1, -0.05) is 48.0 Å². The molecule has 2 aliphatic rings. The highest BCUT2D eigenvalue weighted by Gasteiger charge is 2.52. The minimum Gasteiger partial charge on any atom is -0.385 e. The Kier molecular flexibility index (Phi) is 6.21. The minimum atomic E-state index is -4.17. The predicted octanol–water partition coefficient (Wildman–Crippen LogP) is 1.92.